The van der Waals surface area contributed by atoms with Gasteiger partial charge in [0, 0.05) is 12.4 Å². The zero-order chi connectivity index (χ0) is 11.4. The lowest BCUT2D eigenvalue weighted by Crippen LogP contribution is -1.94. The Morgan fingerprint density at radius 1 is 1.19 bits per heavy atom. The second-order valence-electron chi connectivity index (χ2n) is 3.03. The molecule has 2 aromatic heterocycles. The molecule has 78 valence electrons. The van der Waals surface area contributed by atoms with Crippen molar-refractivity contribution < 1.29 is 4.79 Å². The summed E-state index contributed by atoms with van der Waals surface area (Å²) in [5.74, 6) is 1.68. The molecule has 0 fully saturated rings. The van der Waals surface area contributed by atoms with Gasteiger partial charge in [-0.15, -0.1) is 0 Å². The molecule has 5 nitrogen and oxygen atoms in total. The van der Waals surface area contributed by atoms with E-state index < -0.39 is 0 Å². The zero-order valence-corrected chi connectivity index (χ0v) is 8.29. The van der Waals surface area contributed by atoms with Crippen molar-refractivity contribution in [1.29, 1.82) is 0 Å². The van der Waals surface area contributed by atoms with Crippen LogP contribution >= 0.6 is 0 Å². The molecule has 0 unspecified atom stereocenters. The second-order valence-corrected chi connectivity index (χ2v) is 3.03. The van der Waals surface area contributed by atoms with Gasteiger partial charge in [-0.1, -0.05) is 0 Å². The molecule has 0 atom stereocenters. The number of pyridine rings is 1. The van der Waals surface area contributed by atoms with E-state index in [4.69, 9.17) is 5.73 Å². The first-order chi connectivity index (χ1) is 7.81. The summed E-state index contributed by atoms with van der Waals surface area (Å²) in [6, 6.07) is 3.44. The third-order valence-corrected chi connectivity index (χ3v) is 1.95. The number of rotatable bonds is 2. The lowest BCUT2D eigenvalue weighted by Gasteiger charge is -2.02. The largest absolute Gasteiger partial charge is 0.397 e. The number of carbonyl (C=O) groups excluding carboxylic acids is 1. The maximum atomic E-state index is 10.3. The minimum absolute atomic E-state index is 0.440. The average Bonchev–Trinajstić information content (AvgIpc) is 2.32. The Balaban J connectivity index is 2.55. The van der Waals surface area contributed by atoms with Crippen molar-refractivity contribution in [3.05, 3.63) is 36.4 Å². The van der Waals surface area contributed by atoms with Crippen LogP contribution in [0.4, 0.5) is 5.69 Å². The van der Waals surface area contributed by atoms with Crippen molar-refractivity contribution in [1.82, 2.24) is 15.0 Å². The molecule has 0 aliphatic rings. The maximum absolute atomic E-state index is 10.3. The van der Waals surface area contributed by atoms with Crippen molar-refractivity contribution >= 4 is 17.7 Å². The molecule has 2 N–H and O–H groups in total. The zero-order valence-electron chi connectivity index (χ0n) is 8.29. The van der Waals surface area contributed by atoms with E-state index in [1.807, 2.05) is 0 Å². The highest BCUT2D eigenvalue weighted by atomic mass is 16.1. The van der Waals surface area contributed by atoms with Gasteiger partial charge >= 0.3 is 0 Å². The highest BCUT2D eigenvalue weighted by Crippen LogP contribution is 2.18. The molecule has 0 aliphatic heterocycles. The smallest absolute Gasteiger partial charge is 0.126 e. The van der Waals surface area contributed by atoms with E-state index in [2.05, 4.69) is 15.0 Å². The van der Waals surface area contributed by atoms with Crippen molar-refractivity contribution in [2.75, 3.05) is 5.73 Å². The lowest BCUT2D eigenvalue weighted by molar-refractivity contribution is 0.570. The third-order valence-electron chi connectivity index (χ3n) is 1.95. The summed E-state index contributed by atoms with van der Waals surface area (Å²) < 4.78 is 0. The van der Waals surface area contributed by atoms with Crippen LogP contribution in [-0.4, -0.2) is 20.9 Å². The summed E-state index contributed by atoms with van der Waals surface area (Å²) in [7, 11) is 0. The molecule has 0 spiro atoms. The van der Waals surface area contributed by atoms with Gasteiger partial charge in [0.15, 0.2) is 0 Å². The fraction of sp³-hybridized carbons (Fsp3) is 0. The molecular formula is C11H8N4O. The minimum atomic E-state index is 0.440. The SMILES string of the molecule is Nc1ccc(-c2nccnc2C=C=O)nc1. The van der Waals surface area contributed by atoms with E-state index >= 15 is 0 Å². The fourth-order valence-electron chi connectivity index (χ4n) is 1.25. The van der Waals surface area contributed by atoms with Crippen LogP contribution in [0.3, 0.4) is 0 Å². The standard InChI is InChI=1S/C11H8N4O/c12-8-1-2-9(15-7-8)11-10(3-6-16)13-4-5-14-11/h1-5,7H,12H2. The molecule has 5 heteroatoms. The van der Waals surface area contributed by atoms with Gasteiger partial charge in [-0.05, 0) is 12.1 Å². The predicted molar refractivity (Wildman–Crippen MR) is 59.8 cm³/mol. The minimum Gasteiger partial charge on any atom is -0.397 e. The molecule has 16 heavy (non-hydrogen) atoms. The first-order valence-corrected chi connectivity index (χ1v) is 4.55. The van der Waals surface area contributed by atoms with E-state index in [1.165, 1.54) is 24.7 Å². The molecule has 0 saturated heterocycles. The maximum Gasteiger partial charge on any atom is 0.126 e. The number of aromatic nitrogens is 3. The van der Waals surface area contributed by atoms with Gasteiger partial charge in [0.2, 0.25) is 0 Å². The summed E-state index contributed by atoms with van der Waals surface area (Å²) in [5.41, 5.74) is 7.69. The molecule has 0 bridgehead atoms. The molecule has 0 aromatic carbocycles. The highest BCUT2D eigenvalue weighted by molar-refractivity contribution is 5.79. The van der Waals surface area contributed by atoms with Crippen LogP contribution in [-0.2, 0) is 4.79 Å². The number of hydrogen-bond donors (Lipinski definition) is 1. The summed E-state index contributed by atoms with van der Waals surface area (Å²) in [5, 5.41) is 0. The summed E-state index contributed by atoms with van der Waals surface area (Å²) in [4.78, 5) is 22.6. The van der Waals surface area contributed by atoms with E-state index in [-0.39, 0.29) is 0 Å². The second kappa shape index (κ2) is 4.33. The van der Waals surface area contributed by atoms with Crippen LogP contribution < -0.4 is 5.73 Å². The Morgan fingerprint density at radius 3 is 2.69 bits per heavy atom. The average molecular weight is 212 g/mol. The van der Waals surface area contributed by atoms with Crippen LogP contribution in [0.1, 0.15) is 5.69 Å². The predicted octanol–water partition coefficient (Wildman–Crippen LogP) is 0.966. The van der Waals surface area contributed by atoms with Gasteiger partial charge in [-0.3, -0.25) is 15.0 Å². The molecule has 0 amide bonds. The topological polar surface area (TPSA) is 81.8 Å². The summed E-state index contributed by atoms with van der Waals surface area (Å²) in [6.45, 7) is 0. The van der Waals surface area contributed by atoms with Gasteiger partial charge in [0.1, 0.15) is 17.3 Å². The Kier molecular flexibility index (Phi) is 2.71. The van der Waals surface area contributed by atoms with E-state index in [0.717, 1.165) is 0 Å². The number of nitrogens with zero attached hydrogens (tertiary/aromatic N) is 3. The summed E-state index contributed by atoms with van der Waals surface area (Å²) >= 11 is 0. The normalized spacial score (nSPS) is 9.50. The number of hydrogen-bond acceptors (Lipinski definition) is 5. The molecule has 0 aliphatic carbocycles. The highest BCUT2D eigenvalue weighted by Gasteiger charge is 2.06. The summed E-state index contributed by atoms with van der Waals surface area (Å²) in [6.07, 6.45) is 5.79. The first kappa shape index (κ1) is 10.0. The quantitative estimate of drug-likeness (QED) is 0.750. The van der Waals surface area contributed by atoms with Crippen LogP contribution in [0.25, 0.3) is 17.5 Å². The van der Waals surface area contributed by atoms with E-state index in [1.54, 1.807) is 18.1 Å². The van der Waals surface area contributed by atoms with Crippen LogP contribution in [0.15, 0.2) is 30.7 Å². The van der Waals surface area contributed by atoms with Crippen molar-refractivity contribution in [3.8, 4) is 11.4 Å². The van der Waals surface area contributed by atoms with Crippen molar-refractivity contribution in [3.63, 3.8) is 0 Å². The molecule has 0 saturated carbocycles. The van der Waals surface area contributed by atoms with Crippen LogP contribution in [0, 0.1) is 0 Å². The number of anilines is 1. The van der Waals surface area contributed by atoms with Gasteiger partial charge < -0.3 is 5.73 Å². The number of nitrogen functional groups attached to an aromatic ring is 1. The molecule has 2 heterocycles. The van der Waals surface area contributed by atoms with Gasteiger partial charge in [0.05, 0.1) is 23.7 Å². The van der Waals surface area contributed by atoms with Gasteiger partial charge in [0.25, 0.3) is 0 Å². The molecular weight excluding hydrogens is 204 g/mol. The Labute approximate surface area is 91.7 Å². The Hall–Kier alpha value is -2.52. The van der Waals surface area contributed by atoms with Crippen LogP contribution in [0.2, 0.25) is 0 Å². The van der Waals surface area contributed by atoms with Crippen molar-refractivity contribution in [2.45, 2.75) is 0 Å². The van der Waals surface area contributed by atoms with Gasteiger partial charge in [-0.25, -0.2) is 4.79 Å². The Bertz CT molecular complexity index is 544. The van der Waals surface area contributed by atoms with Crippen molar-refractivity contribution in [2.24, 2.45) is 0 Å². The van der Waals surface area contributed by atoms with Gasteiger partial charge in [-0.2, -0.15) is 0 Å². The first-order valence-electron chi connectivity index (χ1n) is 4.55. The van der Waals surface area contributed by atoms with Crippen LogP contribution in [0.5, 0.6) is 0 Å². The molecule has 0 radical (unpaired) electrons. The molecule has 2 rings (SSSR count). The third kappa shape index (κ3) is 1.94. The van der Waals surface area contributed by atoms with E-state index in [0.29, 0.717) is 22.8 Å². The lowest BCUT2D eigenvalue weighted by atomic mass is 10.2. The Morgan fingerprint density at radius 2 is 2.00 bits per heavy atom. The number of nitrogens with two attached hydrogens (primary N) is 1. The fourth-order valence-corrected chi connectivity index (χ4v) is 1.25. The van der Waals surface area contributed by atoms with E-state index in [9.17, 15) is 4.79 Å². The monoisotopic (exact) mass is 212 g/mol. The molecule has 2 aromatic rings.